The number of aromatic nitrogens is 2. The standard InChI is InChI=1S/C16H21N5O4/c1-9-6-13(18(2)17-9)19-5-4-11(14(19)22)21-15(23)12-7-10(25-3)8-20(12)16(21)24/h6,10-12H,4-5,7-8H2,1-3H3. The highest BCUT2D eigenvalue weighted by molar-refractivity contribution is 6.10. The van der Waals surface area contributed by atoms with E-state index in [0.717, 1.165) is 10.6 Å². The number of aryl methyl sites for hydroxylation is 2. The summed E-state index contributed by atoms with van der Waals surface area (Å²) in [6.45, 7) is 2.72. The summed E-state index contributed by atoms with van der Waals surface area (Å²) in [5.74, 6) is 0.171. The van der Waals surface area contributed by atoms with E-state index >= 15 is 0 Å². The van der Waals surface area contributed by atoms with Crippen LogP contribution in [0, 0.1) is 6.92 Å². The van der Waals surface area contributed by atoms with E-state index in [1.54, 1.807) is 23.7 Å². The van der Waals surface area contributed by atoms with Gasteiger partial charge in [-0.05, 0) is 13.3 Å². The summed E-state index contributed by atoms with van der Waals surface area (Å²) in [7, 11) is 3.35. The molecule has 0 saturated carbocycles. The van der Waals surface area contributed by atoms with E-state index in [-0.39, 0.29) is 23.9 Å². The first-order valence-electron chi connectivity index (χ1n) is 8.41. The largest absolute Gasteiger partial charge is 0.380 e. The maximum Gasteiger partial charge on any atom is 0.328 e. The SMILES string of the molecule is COC1CC2C(=O)N(C3CCN(c4cc(C)nn4C)C3=O)C(=O)N2C1. The van der Waals surface area contributed by atoms with Gasteiger partial charge in [-0.1, -0.05) is 0 Å². The van der Waals surface area contributed by atoms with Crippen LogP contribution in [-0.4, -0.2) is 75.8 Å². The number of carbonyl (C=O) groups excluding carboxylic acids is 3. The zero-order chi connectivity index (χ0) is 17.9. The van der Waals surface area contributed by atoms with Crippen LogP contribution in [0.5, 0.6) is 0 Å². The summed E-state index contributed by atoms with van der Waals surface area (Å²) in [6.07, 6.45) is 0.811. The molecule has 3 aliphatic rings. The first kappa shape index (κ1) is 16.1. The van der Waals surface area contributed by atoms with Gasteiger partial charge in [0.2, 0.25) is 0 Å². The van der Waals surface area contributed by atoms with Gasteiger partial charge in [0, 0.05) is 39.7 Å². The minimum Gasteiger partial charge on any atom is -0.380 e. The van der Waals surface area contributed by atoms with Crippen LogP contribution in [0.15, 0.2) is 6.07 Å². The van der Waals surface area contributed by atoms with Crippen molar-refractivity contribution in [1.29, 1.82) is 0 Å². The van der Waals surface area contributed by atoms with Gasteiger partial charge in [0.1, 0.15) is 17.9 Å². The van der Waals surface area contributed by atoms with E-state index in [0.29, 0.717) is 31.7 Å². The molecule has 9 heteroatoms. The lowest BCUT2D eigenvalue weighted by Gasteiger charge is -2.23. The molecule has 4 heterocycles. The van der Waals surface area contributed by atoms with E-state index < -0.39 is 12.1 Å². The Bertz CT molecular complexity index is 736. The molecule has 1 aromatic rings. The van der Waals surface area contributed by atoms with Crippen molar-refractivity contribution in [2.45, 2.75) is 38.0 Å². The predicted octanol–water partition coefficient (Wildman–Crippen LogP) is -0.115. The number of hydrogen-bond acceptors (Lipinski definition) is 5. The van der Waals surface area contributed by atoms with Gasteiger partial charge in [0.25, 0.3) is 11.8 Å². The molecule has 0 N–H and O–H groups in total. The topological polar surface area (TPSA) is 88.0 Å². The molecule has 0 spiro atoms. The van der Waals surface area contributed by atoms with E-state index in [1.165, 1.54) is 4.90 Å². The Morgan fingerprint density at radius 2 is 1.96 bits per heavy atom. The van der Waals surface area contributed by atoms with Crippen molar-refractivity contribution in [1.82, 2.24) is 19.6 Å². The molecule has 3 unspecified atom stereocenters. The maximum atomic E-state index is 12.9. The number of ether oxygens (including phenoxy) is 1. The van der Waals surface area contributed by atoms with E-state index in [9.17, 15) is 14.4 Å². The molecule has 0 aromatic carbocycles. The Labute approximate surface area is 145 Å². The van der Waals surface area contributed by atoms with Crippen molar-refractivity contribution in [3.63, 3.8) is 0 Å². The average Bonchev–Trinajstić information content (AvgIpc) is 3.28. The van der Waals surface area contributed by atoms with Gasteiger partial charge < -0.3 is 9.64 Å². The summed E-state index contributed by atoms with van der Waals surface area (Å²) in [6, 6.07) is 0.214. The molecule has 3 aliphatic heterocycles. The summed E-state index contributed by atoms with van der Waals surface area (Å²) < 4.78 is 6.91. The number of rotatable bonds is 3. The van der Waals surface area contributed by atoms with Gasteiger partial charge in [0.15, 0.2) is 0 Å². The third-order valence-electron chi connectivity index (χ3n) is 5.31. The van der Waals surface area contributed by atoms with Gasteiger partial charge in [-0.25, -0.2) is 9.69 Å². The quantitative estimate of drug-likeness (QED) is 0.712. The fraction of sp³-hybridized carbons (Fsp3) is 0.625. The highest BCUT2D eigenvalue weighted by Gasteiger charge is 2.55. The molecule has 25 heavy (non-hydrogen) atoms. The number of nitrogens with zero attached hydrogens (tertiary/aromatic N) is 5. The molecule has 0 bridgehead atoms. The fourth-order valence-corrected chi connectivity index (χ4v) is 4.08. The molecule has 134 valence electrons. The van der Waals surface area contributed by atoms with E-state index in [2.05, 4.69) is 5.10 Å². The van der Waals surface area contributed by atoms with Crippen LogP contribution in [0.4, 0.5) is 10.6 Å². The van der Waals surface area contributed by atoms with Crippen molar-refractivity contribution in [2.24, 2.45) is 7.05 Å². The number of urea groups is 1. The third-order valence-corrected chi connectivity index (χ3v) is 5.31. The van der Waals surface area contributed by atoms with Crippen LogP contribution in [-0.2, 0) is 21.4 Å². The Morgan fingerprint density at radius 3 is 2.56 bits per heavy atom. The number of carbonyl (C=O) groups is 3. The van der Waals surface area contributed by atoms with Crippen molar-refractivity contribution < 1.29 is 19.1 Å². The minimum absolute atomic E-state index is 0.117. The third kappa shape index (κ3) is 2.25. The van der Waals surface area contributed by atoms with Crippen molar-refractivity contribution in [3.8, 4) is 0 Å². The van der Waals surface area contributed by atoms with Crippen molar-refractivity contribution >= 4 is 23.7 Å². The summed E-state index contributed by atoms with van der Waals surface area (Å²) >= 11 is 0. The number of fused-ring (bicyclic) bond motifs is 1. The maximum absolute atomic E-state index is 12.9. The molecular weight excluding hydrogens is 326 g/mol. The molecule has 3 atom stereocenters. The summed E-state index contributed by atoms with van der Waals surface area (Å²) in [5.41, 5.74) is 0.813. The highest BCUT2D eigenvalue weighted by Crippen LogP contribution is 2.33. The number of imide groups is 1. The summed E-state index contributed by atoms with van der Waals surface area (Å²) in [4.78, 5) is 42.6. The zero-order valence-electron chi connectivity index (χ0n) is 14.5. The van der Waals surface area contributed by atoms with Gasteiger partial charge in [-0.15, -0.1) is 0 Å². The molecule has 0 aliphatic carbocycles. The van der Waals surface area contributed by atoms with Gasteiger partial charge in [-0.2, -0.15) is 5.10 Å². The van der Waals surface area contributed by atoms with Crippen LogP contribution in [0.3, 0.4) is 0 Å². The highest BCUT2D eigenvalue weighted by atomic mass is 16.5. The average molecular weight is 347 g/mol. The van der Waals surface area contributed by atoms with Gasteiger partial charge >= 0.3 is 6.03 Å². The minimum atomic E-state index is -0.734. The lowest BCUT2D eigenvalue weighted by atomic mass is 10.1. The number of anilines is 1. The summed E-state index contributed by atoms with van der Waals surface area (Å²) in [5, 5.41) is 4.26. The molecule has 1 aromatic heterocycles. The Kier molecular flexibility index (Phi) is 3.57. The number of hydrogen-bond donors (Lipinski definition) is 0. The van der Waals surface area contributed by atoms with Crippen LogP contribution in [0.2, 0.25) is 0 Å². The van der Waals surface area contributed by atoms with Crippen molar-refractivity contribution in [3.05, 3.63) is 11.8 Å². The molecule has 0 radical (unpaired) electrons. The number of amides is 4. The van der Waals surface area contributed by atoms with E-state index in [1.807, 2.05) is 13.0 Å². The van der Waals surface area contributed by atoms with Gasteiger partial charge in [-0.3, -0.25) is 19.2 Å². The number of methoxy groups -OCH3 is 1. The Hall–Kier alpha value is -2.42. The lowest BCUT2D eigenvalue weighted by molar-refractivity contribution is -0.134. The van der Waals surface area contributed by atoms with Gasteiger partial charge in [0.05, 0.1) is 11.8 Å². The molecule has 4 rings (SSSR count). The van der Waals surface area contributed by atoms with E-state index in [4.69, 9.17) is 4.74 Å². The zero-order valence-corrected chi connectivity index (χ0v) is 14.5. The molecule has 4 amide bonds. The molecule has 9 nitrogen and oxygen atoms in total. The monoisotopic (exact) mass is 347 g/mol. The predicted molar refractivity (Wildman–Crippen MR) is 86.9 cm³/mol. The van der Waals surface area contributed by atoms with Crippen LogP contribution < -0.4 is 4.90 Å². The molecule has 3 saturated heterocycles. The second kappa shape index (κ2) is 5.55. The lowest BCUT2D eigenvalue weighted by Crippen LogP contribution is -2.47. The second-order valence-corrected chi connectivity index (χ2v) is 6.81. The van der Waals surface area contributed by atoms with Crippen LogP contribution in [0.1, 0.15) is 18.5 Å². The fourth-order valence-electron chi connectivity index (χ4n) is 4.08. The molecule has 3 fully saturated rings. The normalized spacial score (nSPS) is 29.3. The van der Waals surface area contributed by atoms with Crippen molar-refractivity contribution in [2.75, 3.05) is 25.1 Å². The smallest absolute Gasteiger partial charge is 0.328 e. The second-order valence-electron chi connectivity index (χ2n) is 6.81. The van der Waals surface area contributed by atoms with Crippen LogP contribution >= 0.6 is 0 Å². The Morgan fingerprint density at radius 1 is 1.20 bits per heavy atom. The van der Waals surface area contributed by atoms with Crippen LogP contribution in [0.25, 0.3) is 0 Å². The molecular formula is C16H21N5O4. The Balaban J connectivity index is 1.56. The first-order chi connectivity index (χ1) is 11.9. The first-order valence-corrected chi connectivity index (χ1v) is 8.41.